The zero-order valence-electron chi connectivity index (χ0n) is 5.27. The van der Waals surface area contributed by atoms with E-state index in [1.54, 1.807) is 11.8 Å². The molecule has 0 aromatic carbocycles. The molecule has 0 aliphatic heterocycles. The zero-order valence-corrected chi connectivity index (χ0v) is 6.09. The first-order chi connectivity index (χ1) is 3.91. The normalized spacial score (nSPS) is 8.75. The van der Waals surface area contributed by atoms with Gasteiger partial charge in [-0.15, -0.1) is 0 Å². The topological polar surface area (TPSA) is 0 Å². The summed E-state index contributed by atoms with van der Waals surface area (Å²) in [6, 6.07) is 0. The van der Waals surface area contributed by atoms with E-state index < -0.39 is 0 Å². The van der Waals surface area contributed by atoms with Crippen LogP contribution in [0.3, 0.4) is 0 Å². The quantitative estimate of drug-likeness (QED) is 0.484. The summed E-state index contributed by atoms with van der Waals surface area (Å²) in [4.78, 5) is 0. The summed E-state index contributed by atoms with van der Waals surface area (Å²) in [5.41, 5.74) is 0. The lowest BCUT2D eigenvalue weighted by atomic mass is 10.5. The first kappa shape index (κ1) is 7.65. The van der Waals surface area contributed by atoms with Crippen molar-refractivity contribution in [1.29, 1.82) is 0 Å². The second kappa shape index (κ2) is 6.65. The van der Waals surface area contributed by atoms with Crippen molar-refractivity contribution in [2.45, 2.75) is 6.92 Å². The molecule has 0 aromatic heterocycles. The number of thioether (sulfide) groups is 1. The smallest absolute Gasteiger partial charge is 0.0548 e. The molecule has 1 heteroatoms. The van der Waals surface area contributed by atoms with E-state index in [4.69, 9.17) is 0 Å². The lowest BCUT2D eigenvalue weighted by Gasteiger charge is -1.74. The van der Waals surface area contributed by atoms with Gasteiger partial charge in [-0.2, -0.15) is 11.8 Å². The molecular formula is C7H10S. The van der Waals surface area contributed by atoms with E-state index in [0.29, 0.717) is 0 Å². The van der Waals surface area contributed by atoms with Crippen LogP contribution in [0.15, 0.2) is 12.2 Å². The van der Waals surface area contributed by atoms with Crippen molar-refractivity contribution < 1.29 is 0 Å². The van der Waals surface area contributed by atoms with Crippen LogP contribution in [0.1, 0.15) is 6.92 Å². The average Bonchev–Trinajstić information content (AvgIpc) is 1.81. The standard InChI is InChI=1S/C7H10S/c1-3-4-5-6-7-8-2/h3-4H,7H2,1-2H3. The van der Waals surface area contributed by atoms with Gasteiger partial charge in [0.2, 0.25) is 0 Å². The first-order valence-electron chi connectivity index (χ1n) is 2.50. The van der Waals surface area contributed by atoms with Gasteiger partial charge in [-0.25, -0.2) is 0 Å². The molecule has 0 bridgehead atoms. The molecule has 0 heterocycles. The predicted molar refractivity (Wildman–Crippen MR) is 41.0 cm³/mol. The highest BCUT2D eigenvalue weighted by Crippen LogP contribution is 1.85. The number of hydrogen-bond acceptors (Lipinski definition) is 1. The molecule has 0 fully saturated rings. The van der Waals surface area contributed by atoms with Crippen LogP contribution in [-0.4, -0.2) is 12.0 Å². The second-order valence-electron chi connectivity index (χ2n) is 1.25. The first-order valence-corrected chi connectivity index (χ1v) is 3.89. The molecule has 0 saturated carbocycles. The maximum absolute atomic E-state index is 2.96. The lowest BCUT2D eigenvalue weighted by molar-refractivity contribution is 1.76. The third kappa shape index (κ3) is 5.65. The molecule has 0 atom stereocenters. The monoisotopic (exact) mass is 126 g/mol. The van der Waals surface area contributed by atoms with Gasteiger partial charge >= 0.3 is 0 Å². The maximum atomic E-state index is 2.96. The molecular weight excluding hydrogens is 116 g/mol. The van der Waals surface area contributed by atoms with Crippen LogP contribution in [0.5, 0.6) is 0 Å². The maximum Gasteiger partial charge on any atom is 0.0548 e. The Kier molecular flexibility index (Phi) is 6.36. The number of rotatable bonds is 1. The van der Waals surface area contributed by atoms with Gasteiger partial charge in [-0.3, -0.25) is 0 Å². The fourth-order valence-electron chi connectivity index (χ4n) is 0.256. The van der Waals surface area contributed by atoms with Crippen molar-refractivity contribution in [3.63, 3.8) is 0 Å². The highest BCUT2D eigenvalue weighted by molar-refractivity contribution is 7.98. The molecule has 0 saturated heterocycles. The summed E-state index contributed by atoms with van der Waals surface area (Å²) in [7, 11) is 0. The summed E-state index contributed by atoms with van der Waals surface area (Å²) in [5, 5.41) is 0. The molecule has 0 aliphatic carbocycles. The molecule has 0 amide bonds. The molecule has 0 rings (SSSR count). The average molecular weight is 126 g/mol. The van der Waals surface area contributed by atoms with Gasteiger partial charge in [0, 0.05) is 0 Å². The fourth-order valence-corrected chi connectivity index (χ4v) is 0.484. The van der Waals surface area contributed by atoms with Crippen molar-refractivity contribution in [2.24, 2.45) is 0 Å². The van der Waals surface area contributed by atoms with Crippen molar-refractivity contribution in [3.8, 4) is 11.8 Å². The van der Waals surface area contributed by atoms with E-state index in [1.807, 2.05) is 25.3 Å². The van der Waals surface area contributed by atoms with Crippen LogP contribution < -0.4 is 0 Å². The molecule has 44 valence electrons. The van der Waals surface area contributed by atoms with E-state index >= 15 is 0 Å². The Morgan fingerprint density at radius 1 is 1.62 bits per heavy atom. The van der Waals surface area contributed by atoms with Crippen LogP contribution in [-0.2, 0) is 0 Å². The Labute approximate surface area is 55.4 Å². The Balaban J connectivity index is 3.21. The molecule has 0 N–H and O–H groups in total. The molecule has 8 heavy (non-hydrogen) atoms. The SMILES string of the molecule is CC=CC#CCSC. The Morgan fingerprint density at radius 3 is 2.88 bits per heavy atom. The highest BCUT2D eigenvalue weighted by atomic mass is 32.2. The summed E-state index contributed by atoms with van der Waals surface area (Å²) in [5.74, 6) is 6.78. The number of allylic oxidation sites excluding steroid dienone is 2. The van der Waals surface area contributed by atoms with Gasteiger partial charge in [-0.1, -0.05) is 17.9 Å². The van der Waals surface area contributed by atoms with Crippen LogP contribution in [0, 0.1) is 11.8 Å². The van der Waals surface area contributed by atoms with E-state index in [0.717, 1.165) is 5.75 Å². The Morgan fingerprint density at radius 2 is 2.38 bits per heavy atom. The lowest BCUT2D eigenvalue weighted by Crippen LogP contribution is -1.63. The van der Waals surface area contributed by atoms with Crippen molar-refractivity contribution >= 4 is 11.8 Å². The van der Waals surface area contributed by atoms with Gasteiger partial charge in [0.1, 0.15) is 0 Å². The van der Waals surface area contributed by atoms with E-state index in [-0.39, 0.29) is 0 Å². The van der Waals surface area contributed by atoms with E-state index in [9.17, 15) is 0 Å². The largest absolute Gasteiger partial charge is 0.152 e. The predicted octanol–water partition coefficient (Wildman–Crippen LogP) is 1.93. The third-order valence-electron chi connectivity index (χ3n) is 0.569. The Hall–Kier alpha value is -0.350. The van der Waals surface area contributed by atoms with Gasteiger partial charge in [-0.05, 0) is 19.3 Å². The molecule has 0 aliphatic rings. The minimum atomic E-state index is 0.935. The number of hydrogen-bond donors (Lipinski definition) is 0. The third-order valence-corrected chi connectivity index (χ3v) is 1.00. The van der Waals surface area contributed by atoms with Crippen LogP contribution >= 0.6 is 11.8 Å². The minimum absolute atomic E-state index is 0.935. The van der Waals surface area contributed by atoms with Gasteiger partial charge in [0.15, 0.2) is 0 Å². The summed E-state index contributed by atoms with van der Waals surface area (Å²) >= 11 is 1.74. The summed E-state index contributed by atoms with van der Waals surface area (Å²) < 4.78 is 0. The van der Waals surface area contributed by atoms with Gasteiger partial charge < -0.3 is 0 Å². The molecule has 0 aromatic rings. The zero-order chi connectivity index (χ0) is 6.24. The van der Waals surface area contributed by atoms with Crippen molar-refractivity contribution in [1.82, 2.24) is 0 Å². The summed E-state index contributed by atoms with van der Waals surface area (Å²) in [6.07, 6.45) is 5.84. The van der Waals surface area contributed by atoms with Crippen molar-refractivity contribution in [3.05, 3.63) is 12.2 Å². The molecule has 0 spiro atoms. The van der Waals surface area contributed by atoms with E-state index in [1.165, 1.54) is 0 Å². The van der Waals surface area contributed by atoms with Crippen molar-refractivity contribution in [2.75, 3.05) is 12.0 Å². The van der Waals surface area contributed by atoms with Crippen LogP contribution in [0.2, 0.25) is 0 Å². The van der Waals surface area contributed by atoms with Crippen LogP contribution in [0.4, 0.5) is 0 Å². The molecule has 0 radical (unpaired) electrons. The molecule has 0 nitrogen and oxygen atoms in total. The second-order valence-corrected chi connectivity index (χ2v) is 2.12. The molecule has 0 unspecified atom stereocenters. The highest BCUT2D eigenvalue weighted by Gasteiger charge is 1.64. The minimum Gasteiger partial charge on any atom is -0.152 e. The van der Waals surface area contributed by atoms with Crippen LogP contribution in [0.25, 0.3) is 0 Å². The summed E-state index contributed by atoms with van der Waals surface area (Å²) in [6.45, 7) is 1.97. The van der Waals surface area contributed by atoms with Gasteiger partial charge in [0.05, 0.1) is 5.75 Å². The van der Waals surface area contributed by atoms with Gasteiger partial charge in [0.25, 0.3) is 0 Å². The fraction of sp³-hybridized carbons (Fsp3) is 0.429. The van der Waals surface area contributed by atoms with E-state index in [2.05, 4.69) is 11.8 Å². The Bertz CT molecular complexity index is 114.